The Morgan fingerprint density at radius 3 is 2.60 bits per heavy atom. The first-order valence-corrected chi connectivity index (χ1v) is 3.00. The van der Waals surface area contributed by atoms with Crippen LogP contribution in [0.25, 0.3) is 5.57 Å². The van der Waals surface area contributed by atoms with Gasteiger partial charge in [0, 0.05) is 24.5 Å². The summed E-state index contributed by atoms with van der Waals surface area (Å²) in [5, 5.41) is 0. The summed E-state index contributed by atoms with van der Waals surface area (Å²) >= 11 is 0. The van der Waals surface area contributed by atoms with Crippen LogP contribution in [0.15, 0.2) is 25.0 Å². The van der Waals surface area contributed by atoms with Crippen molar-refractivity contribution in [3.63, 3.8) is 0 Å². The normalized spacial score (nSPS) is 9.30. The van der Waals surface area contributed by atoms with E-state index in [1.165, 1.54) is 0 Å². The van der Waals surface area contributed by atoms with Crippen LogP contribution >= 0.6 is 0 Å². The van der Waals surface area contributed by atoms with Gasteiger partial charge >= 0.3 is 0 Å². The van der Waals surface area contributed by atoms with Gasteiger partial charge in [0.1, 0.15) is 0 Å². The number of nitrogens with two attached hydrogens (primary N) is 1. The molecule has 2 N–H and O–H groups in total. The predicted molar refractivity (Wildman–Crippen MR) is 40.1 cm³/mol. The lowest BCUT2D eigenvalue weighted by atomic mass is 10.3. The second-order valence-corrected chi connectivity index (χ2v) is 1.88. The lowest BCUT2D eigenvalue weighted by molar-refractivity contribution is 1.09. The molecule has 0 aliphatic carbocycles. The van der Waals surface area contributed by atoms with E-state index in [2.05, 4.69) is 16.5 Å². The van der Waals surface area contributed by atoms with E-state index >= 15 is 0 Å². The molecule has 0 aliphatic heterocycles. The Morgan fingerprint density at radius 1 is 1.50 bits per heavy atom. The minimum atomic E-state index is 0.407. The summed E-state index contributed by atoms with van der Waals surface area (Å²) in [7, 11) is 0. The molecule has 1 heterocycles. The number of nitrogens with zero attached hydrogens (tertiary/aromatic N) is 2. The van der Waals surface area contributed by atoms with Crippen molar-refractivity contribution in [3.05, 3.63) is 30.9 Å². The van der Waals surface area contributed by atoms with Crippen molar-refractivity contribution in [1.29, 1.82) is 0 Å². The summed E-state index contributed by atoms with van der Waals surface area (Å²) in [5.74, 6) is 0.630. The van der Waals surface area contributed by atoms with Gasteiger partial charge in [-0.2, -0.15) is 0 Å². The van der Waals surface area contributed by atoms with Gasteiger partial charge in [0.05, 0.1) is 0 Å². The topological polar surface area (TPSA) is 51.8 Å². The molecule has 0 spiro atoms. The van der Waals surface area contributed by atoms with Crippen molar-refractivity contribution in [2.24, 2.45) is 5.73 Å². The lowest BCUT2D eigenvalue weighted by Gasteiger charge is -1.96. The van der Waals surface area contributed by atoms with Crippen molar-refractivity contribution >= 4 is 5.57 Å². The maximum Gasteiger partial charge on any atom is 0.155 e. The average Bonchev–Trinajstić information content (AvgIpc) is 2.05. The zero-order valence-corrected chi connectivity index (χ0v) is 5.62. The van der Waals surface area contributed by atoms with Crippen molar-refractivity contribution in [1.82, 2.24) is 9.97 Å². The second kappa shape index (κ2) is 3.08. The minimum absolute atomic E-state index is 0.407. The largest absolute Gasteiger partial charge is 0.326 e. The van der Waals surface area contributed by atoms with Gasteiger partial charge in [0.2, 0.25) is 0 Å². The van der Waals surface area contributed by atoms with Crippen LogP contribution in [0.2, 0.25) is 0 Å². The van der Waals surface area contributed by atoms with E-state index in [0.29, 0.717) is 12.4 Å². The van der Waals surface area contributed by atoms with Gasteiger partial charge < -0.3 is 5.73 Å². The predicted octanol–water partition coefficient (Wildman–Crippen LogP) is 0.449. The Labute approximate surface area is 59.6 Å². The standard InChI is InChI=1S/C7H9N3/c1-6(5-8)7-9-3-2-4-10-7/h2-4H,1,5,8H2. The van der Waals surface area contributed by atoms with Gasteiger partial charge in [-0.25, -0.2) is 9.97 Å². The fourth-order valence-corrected chi connectivity index (χ4v) is 0.573. The molecule has 3 heteroatoms. The van der Waals surface area contributed by atoms with Gasteiger partial charge in [-0.3, -0.25) is 0 Å². The molecule has 1 rings (SSSR count). The summed E-state index contributed by atoms with van der Waals surface area (Å²) in [5.41, 5.74) is 6.09. The second-order valence-electron chi connectivity index (χ2n) is 1.88. The lowest BCUT2D eigenvalue weighted by Crippen LogP contribution is -2.03. The van der Waals surface area contributed by atoms with Gasteiger partial charge in [0.15, 0.2) is 5.82 Å². The zero-order chi connectivity index (χ0) is 7.40. The minimum Gasteiger partial charge on any atom is -0.326 e. The van der Waals surface area contributed by atoms with Crippen LogP contribution in [0.3, 0.4) is 0 Å². The highest BCUT2D eigenvalue weighted by Crippen LogP contribution is 2.00. The number of hydrogen-bond donors (Lipinski definition) is 1. The maximum atomic E-state index is 5.32. The molecule has 0 atom stereocenters. The Bertz CT molecular complexity index is 218. The summed E-state index contributed by atoms with van der Waals surface area (Å²) in [4.78, 5) is 7.92. The van der Waals surface area contributed by atoms with E-state index in [-0.39, 0.29) is 0 Å². The SMILES string of the molecule is C=C(CN)c1ncccn1. The number of aromatic nitrogens is 2. The molecule has 0 saturated heterocycles. The first kappa shape index (κ1) is 6.89. The molecule has 52 valence electrons. The molecule has 3 nitrogen and oxygen atoms in total. The smallest absolute Gasteiger partial charge is 0.155 e. The third-order valence-corrected chi connectivity index (χ3v) is 1.13. The first-order chi connectivity index (χ1) is 4.84. The van der Waals surface area contributed by atoms with E-state index in [1.807, 2.05) is 0 Å². The van der Waals surface area contributed by atoms with Crippen molar-refractivity contribution in [2.75, 3.05) is 6.54 Å². The Hall–Kier alpha value is -1.22. The molecule has 0 bridgehead atoms. The molecule has 0 amide bonds. The molecular weight excluding hydrogens is 126 g/mol. The van der Waals surface area contributed by atoms with Gasteiger partial charge in [-0.1, -0.05) is 6.58 Å². The molecule has 10 heavy (non-hydrogen) atoms. The van der Waals surface area contributed by atoms with Crippen LogP contribution in [-0.4, -0.2) is 16.5 Å². The van der Waals surface area contributed by atoms with Gasteiger partial charge in [0.25, 0.3) is 0 Å². The highest BCUT2D eigenvalue weighted by Gasteiger charge is 1.95. The third-order valence-electron chi connectivity index (χ3n) is 1.13. The molecular formula is C7H9N3. The molecule has 0 unspecified atom stereocenters. The number of rotatable bonds is 2. The highest BCUT2D eigenvalue weighted by atomic mass is 14.9. The van der Waals surface area contributed by atoms with E-state index < -0.39 is 0 Å². The zero-order valence-electron chi connectivity index (χ0n) is 5.62. The maximum absolute atomic E-state index is 5.32. The molecule has 0 fully saturated rings. The Balaban J connectivity index is 2.85. The third kappa shape index (κ3) is 1.39. The molecule has 1 aromatic heterocycles. The van der Waals surface area contributed by atoms with E-state index in [4.69, 9.17) is 5.73 Å². The Morgan fingerprint density at radius 2 is 2.10 bits per heavy atom. The summed E-state index contributed by atoms with van der Waals surface area (Å²) in [6, 6.07) is 1.76. The van der Waals surface area contributed by atoms with Gasteiger partial charge in [-0.15, -0.1) is 0 Å². The summed E-state index contributed by atoms with van der Waals surface area (Å²) in [6.45, 7) is 4.10. The molecule has 0 radical (unpaired) electrons. The molecule has 0 aromatic carbocycles. The Kier molecular flexibility index (Phi) is 2.12. The highest BCUT2D eigenvalue weighted by molar-refractivity contribution is 5.57. The molecule has 0 aliphatic rings. The van der Waals surface area contributed by atoms with E-state index in [9.17, 15) is 0 Å². The number of hydrogen-bond acceptors (Lipinski definition) is 3. The first-order valence-electron chi connectivity index (χ1n) is 3.00. The fraction of sp³-hybridized carbons (Fsp3) is 0.143. The fourth-order valence-electron chi connectivity index (χ4n) is 0.573. The molecule has 0 saturated carbocycles. The average molecular weight is 135 g/mol. The van der Waals surface area contributed by atoms with E-state index in [1.54, 1.807) is 18.5 Å². The van der Waals surface area contributed by atoms with Crippen LogP contribution in [0.1, 0.15) is 5.82 Å². The van der Waals surface area contributed by atoms with Gasteiger partial charge in [-0.05, 0) is 6.07 Å². The van der Waals surface area contributed by atoms with Crippen molar-refractivity contribution in [3.8, 4) is 0 Å². The van der Waals surface area contributed by atoms with Crippen molar-refractivity contribution in [2.45, 2.75) is 0 Å². The summed E-state index contributed by atoms with van der Waals surface area (Å²) < 4.78 is 0. The quantitative estimate of drug-likeness (QED) is 0.640. The van der Waals surface area contributed by atoms with Crippen LogP contribution in [0.4, 0.5) is 0 Å². The van der Waals surface area contributed by atoms with Crippen LogP contribution in [0.5, 0.6) is 0 Å². The van der Waals surface area contributed by atoms with Crippen LogP contribution in [0, 0.1) is 0 Å². The van der Waals surface area contributed by atoms with Crippen molar-refractivity contribution < 1.29 is 0 Å². The molecule has 1 aromatic rings. The monoisotopic (exact) mass is 135 g/mol. The van der Waals surface area contributed by atoms with E-state index in [0.717, 1.165) is 5.57 Å². The summed E-state index contributed by atoms with van der Waals surface area (Å²) in [6.07, 6.45) is 3.34. The van der Waals surface area contributed by atoms with Crippen LogP contribution in [-0.2, 0) is 0 Å². The van der Waals surface area contributed by atoms with Crippen LogP contribution < -0.4 is 5.73 Å².